The fraction of sp³-hybridized carbons (Fsp3) is 0.316. The van der Waals surface area contributed by atoms with Gasteiger partial charge in [-0.3, -0.25) is 14.9 Å². The first kappa shape index (κ1) is 18.9. The molecule has 0 aliphatic heterocycles. The van der Waals surface area contributed by atoms with E-state index in [0.717, 1.165) is 36.9 Å². The number of hydrogen-bond donors (Lipinski definition) is 1. The number of aryl methyl sites for hydroxylation is 2. The van der Waals surface area contributed by atoms with Crippen LogP contribution < -0.4 is 5.32 Å². The van der Waals surface area contributed by atoms with Crippen LogP contribution in [0, 0.1) is 21.4 Å². The molecule has 138 valence electrons. The van der Waals surface area contributed by atoms with Crippen molar-refractivity contribution in [1.82, 2.24) is 4.98 Å². The molecule has 1 unspecified atom stereocenters. The van der Waals surface area contributed by atoms with E-state index >= 15 is 0 Å². The summed E-state index contributed by atoms with van der Waals surface area (Å²) in [5.74, 6) is -0.302. The minimum Gasteiger partial charge on any atom is -0.325 e. The second-order valence-electron chi connectivity index (χ2n) is 6.32. The number of anilines is 1. The predicted octanol–water partition coefficient (Wildman–Crippen LogP) is 3.86. The van der Waals surface area contributed by atoms with Crippen LogP contribution in [0.15, 0.2) is 35.4 Å². The maximum absolute atomic E-state index is 12.5. The summed E-state index contributed by atoms with van der Waals surface area (Å²) >= 11 is 1.23. The highest BCUT2D eigenvalue weighted by Gasteiger charge is 2.21. The number of nitrogens with zero attached hydrogens (tertiary/aromatic N) is 3. The molecule has 0 radical (unpaired) electrons. The first-order valence-corrected chi connectivity index (χ1v) is 9.51. The zero-order chi connectivity index (χ0) is 19.4. The number of pyridine rings is 1. The summed E-state index contributed by atoms with van der Waals surface area (Å²) in [5.41, 5.74) is 2.89. The Labute approximate surface area is 161 Å². The summed E-state index contributed by atoms with van der Waals surface area (Å²) in [6.45, 7) is 1.72. The van der Waals surface area contributed by atoms with E-state index in [1.807, 2.05) is 6.07 Å². The van der Waals surface area contributed by atoms with Gasteiger partial charge in [0.05, 0.1) is 15.7 Å². The predicted molar refractivity (Wildman–Crippen MR) is 103 cm³/mol. The highest BCUT2D eigenvalue weighted by molar-refractivity contribution is 8.00. The monoisotopic (exact) mass is 382 g/mol. The highest BCUT2D eigenvalue weighted by atomic mass is 32.2. The van der Waals surface area contributed by atoms with Gasteiger partial charge in [0.25, 0.3) is 5.69 Å². The highest BCUT2D eigenvalue weighted by Crippen LogP contribution is 2.30. The molecule has 1 aromatic carbocycles. The molecule has 2 aromatic rings. The van der Waals surface area contributed by atoms with Crippen LogP contribution in [0.3, 0.4) is 0 Å². The zero-order valence-electron chi connectivity index (χ0n) is 14.8. The Balaban J connectivity index is 1.74. The fourth-order valence-corrected chi connectivity index (χ4v) is 3.84. The lowest BCUT2D eigenvalue weighted by Gasteiger charge is -2.18. The Morgan fingerprint density at radius 2 is 2.15 bits per heavy atom. The number of carbonyl (C=O) groups is 1. The van der Waals surface area contributed by atoms with Gasteiger partial charge >= 0.3 is 0 Å². The number of rotatable bonds is 5. The van der Waals surface area contributed by atoms with E-state index in [-0.39, 0.29) is 11.6 Å². The van der Waals surface area contributed by atoms with E-state index in [1.165, 1.54) is 30.0 Å². The number of fused-ring (bicyclic) bond motifs is 1. The Kier molecular flexibility index (Phi) is 5.72. The summed E-state index contributed by atoms with van der Waals surface area (Å²) in [4.78, 5) is 27.4. The van der Waals surface area contributed by atoms with Crippen molar-refractivity contribution in [3.05, 3.63) is 57.3 Å². The molecule has 1 heterocycles. The third-order valence-corrected chi connectivity index (χ3v) is 5.47. The average molecular weight is 382 g/mol. The van der Waals surface area contributed by atoms with E-state index in [0.29, 0.717) is 16.3 Å². The quantitative estimate of drug-likeness (QED) is 0.478. The smallest absolute Gasteiger partial charge is 0.271 e. The lowest BCUT2D eigenvalue weighted by molar-refractivity contribution is -0.384. The molecule has 0 saturated heterocycles. The summed E-state index contributed by atoms with van der Waals surface area (Å²) < 4.78 is 0. The van der Waals surface area contributed by atoms with Crippen molar-refractivity contribution < 1.29 is 9.72 Å². The second kappa shape index (κ2) is 8.18. The molecule has 3 rings (SSSR count). The van der Waals surface area contributed by atoms with Gasteiger partial charge in [-0.2, -0.15) is 5.26 Å². The number of benzene rings is 1. The minimum absolute atomic E-state index is 0.0868. The van der Waals surface area contributed by atoms with Crippen LogP contribution in [-0.2, 0) is 17.6 Å². The van der Waals surface area contributed by atoms with E-state index in [9.17, 15) is 20.2 Å². The lowest BCUT2D eigenvalue weighted by Crippen LogP contribution is -2.23. The van der Waals surface area contributed by atoms with Crippen molar-refractivity contribution in [3.8, 4) is 6.07 Å². The molecule has 0 saturated carbocycles. The molecule has 1 amide bonds. The molecule has 1 aliphatic carbocycles. The van der Waals surface area contributed by atoms with Gasteiger partial charge < -0.3 is 5.32 Å². The van der Waals surface area contributed by atoms with Crippen LogP contribution in [0.25, 0.3) is 0 Å². The maximum atomic E-state index is 12.5. The molecular formula is C19H18N4O3S. The molecule has 0 bridgehead atoms. The van der Waals surface area contributed by atoms with Gasteiger partial charge in [-0.1, -0.05) is 17.8 Å². The normalized spacial score (nSPS) is 13.9. The van der Waals surface area contributed by atoms with Gasteiger partial charge in [0.2, 0.25) is 5.91 Å². The molecular weight excluding hydrogens is 364 g/mol. The number of non-ortho nitro benzene ring substituents is 1. The number of thioether (sulfide) groups is 1. The average Bonchev–Trinajstić information content (AvgIpc) is 2.67. The van der Waals surface area contributed by atoms with Crippen LogP contribution >= 0.6 is 11.8 Å². The molecule has 1 aromatic heterocycles. The topological polar surface area (TPSA) is 109 Å². The SMILES string of the molecule is CC(Sc1nc2c(cc1C#N)CCCC2)C(=O)Nc1cccc([N+](=O)[O-])c1. The lowest BCUT2D eigenvalue weighted by atomic mass is 9.95. The van der Waals surface area contributed by atoms with E-state index in [1.54, 1.807) is 13.0 Å². The number of nitriles is 1. The van der Waals surface area contributed by atoms with Crippen molar-refractivity contribution in [2.45, 2.75) is 42.9 Å². The van der Waals surface area contributed by atoms with E-state index < -0.39 is 10.2 Å². The molecule has 1 N–H and O–H groups in total. The van der Waals surface area contributed by atoms with Gasteiger partial charge in [-0.05, 0) is 50.3 Å². The Morgan fingerprint density at radius 1 is 1.37 bits per heavy atom. The van der Waals surface area contributed by atoms with Crippen molar-refractivity contribution in [3.63, 3.8) is 0 Å². The molecule has 7 nitrogen and oxygen atoms in total. The number of nitro benzene ring substituents is 1. The molecule has 0 fully saturated rings. The van der Waals surface area contributed by atoms with Crippen LogP contribution in [-0.4, -0.2) is 21.1 Å². The molecule has 1 aliphatic rings. The third-order valence-electron chi connectivity index (χ3n) is 4.37. The third kappa shape index (κ3) is 4.44. The van der Waals surface area contributed by atoms with Gasteiger partial charge in [-0.15, -0.1) is 0 Å². The Hall–Kier alpha value is -2.92. The van der Waals surface area contributed by atoms with Crippen LogP contribution in [0.4, 0.5) is 11.4 Å². The van der Waals surface area contributed by atoms with Gasteiger partial charge in [0.15, 0.2) is 0 Å². The standard InChI is InChI=1S/C19H18N4O3S/c1-12(18(24)21-15-6-4-7-16(10-15)23(25)26)27-19-14(11-20)9-13-5-2-3-8-17(13)22-19/h4,6-7,9-10,12H,2-3,5,8H2,1H3,(H,21,24). The number of nitro groups is 1. The largest absolute Gasteiger partial charge is 0.325 e. The summed E-state index contributed by atoms with van der Waals surface area (Å²) in [6, 6.07) is 9.85. The first-order chi connectivity index (χ1) is 13.0. The summed E-state index contributed by atoms with van der Waals surface area (Å²) in [5, 5.41) is 23.0. The van der Waals surface area contributed by atoms with Crippen LogP contribution in [0.5, 0.6) is 0 Å². The Bertz CT molecular complexity index is 939. The number of aromatic nitrogens is 1. The van der Waals surface area contributed by atoms with Gasteiger partial charge in [0, 0.05) is 23.5 Å². The summed E-state index contributed by atoms with van der Waals surface area (Å²) in [7, 11) is 0. The number of hydrogen-bond acceptors (Lipinski definition) is 6. The molecule has 8 heteroatoms. The van der Waals surface area contributed by atoms with Crippen molar-refractivity contribution in [1.29, 1.82) is 5.26 Å². The Morgan fingerprint density at radius 3 is 2.89 bits per heavy atom. The van der Waals surface area contributed by atoms with E-state index in [2.05, 4.69) is 16.4 Å². The van der Waals surface area contributed by atoms with Crippen molar-refractivity contribution in [2.75, 3.05) is 5.32 Å². The maximum Gasteiger partial charge on any atom is 0.271 e. The molecule has 1 atom stereocenters. The fourth-order valence-electron chi connectivity index (χ4n) is 2.95. The van der Waals surface area contributed by atoms with E-state index in [4.69, 9.17) is 0 Å². The second-order valence-corrected chi connectivity index (χ2v) is 7.65. The number of amides is 1. The number of carbonyl (C=O) groups excluding carboxylic acids is 1. The summed E-state index contributed by atoms with van der Waals surface area (Å²) in [6.07, 6.45) is 4.01. The van der Waals surface area contributed by atoms with Gasteiger partial charge in [0.1, 0.15) is 11.1 Å². The number of nitrogens with one attached hydrogen (secondary N) is 1. The molecule has 0 spiro atoms. The van der Waals surface area contributed by atoms with Crippen LogP contribution in [0.1, 0.15) is 36.6 Å². The molecule has 27 heavy (non-hydrogen) atoms. The zero-order valence-corrected chi connectivity index (χ0v) is 15.6. The van der Waals surface area contributed by atoms with Gasteiger partial charge in [-0.25, -0.2) is 4.98 Å². The minimum atomic E-state index is -0.510. The first-order valence-electron chi connectivity index (χ1n) is 8.63. The van der Waals surface area contributed by atoms with Crippen LogP contribution in [0.2, 0.25) is 0 Å². The van der Waals surface area contributed by atoms with Crippen molar-refractivity contribution >= 4 is 29.0 Å². The van der Waals surface area contributed by atoms with Crippen molar-refractivity contribution in [2.24, 2.45) is 0 Å².